The lowest BCUT2D eigenvalue weighted by Gasteiger charge is -2.15. The maximum absolute atomic E-state index is 14.3. The molecule has 0 aliphatic heterocycles. The summed E-state index contributed by atoms with van der Waals surface area (Å²) in [4.78, 5) is -0.441. The molecule has 0 aromatic heterocycles. The van der Waals surface area contributed by atoms with Crippen LogP contribution in [0.3, 0.4) is 0 Å². The third-order valence-electron chi connectivity index (χ3n) is 4.63. The van der Waals surface area contributed by atoms with Gasteiger partial charge in [-0.15, -0.1) is 11.8 Å². The predicted molar refractivity (Wildman–Crippen MR) is 124 cm³/mol. The van der Waals surface area contributed by atoms with Gasteiger partial charge in [0.05, 0.1) is 10.6 Å². The van der Waals surface area contributed by atoms with E-state index in [1.807, 2.05) is 38.1 Å². The van der Waals surface area contributed by atoms with Crippen molar-refractivity contribution in [2.45, 2.75) is 24.5 Å². The van der Waals surface area contributed by atoms with E-state index in [0.29, 0.717) is 5.75 Å². The highest BCUT2D eigenvalue weighted by Gasteiger charge is 2.26. The van der Waals surface area contributed by atoms with Gasteiger partial charge in [-0.3, -0.25) is 0 Å². The second kappa shape index (κ2) is 9.82. The quantitative estimate of drug-likeness (QED) is 0.448. The molecule has 0 saturated carbocycles. The van der Waals surface area contributed by atoms with Crippen molar-refractivity contribution in [1.29, 1.82) is 5.26 Å². The zero-order chi connectivity index (χ0) is 22.4. The molecule has 1 N–H and O–H groups in total. The third kappa shape index (κ3) is 5.35. The van der Waals surface area contributed by atoms with Crippen LogP contribution in [0.15, 0.2) is 87.6 Å². The molecule has 0 unspecified atom stereocenters. The van der Waals surface area contributed by atoms with Crippen molar-refractivity contribution >= 4 is 27.3 Å². The van der Waals surface area contributed by atoms with E-state index in [9.17, 15) is 18.1 Å². The third-order valence-corrected chi connectivity index (χ3v) is 7.53. The number of nitrogens with zero attached hydrogens (tertiary/aromatic N) is 1. The first-order valence-corrected chi connectivity index (χ1v) is 11.9. The first-order valence-electron chi connectivity index (χ1n) is 9.48. The van der Waals surface area contributed by atoms with Gasteiger partial charge >= 0.3 is 0 Å². The molecule has 7 heteroatoms. The molecule has 0 aliphatic rings. The van der Waals surface area contributed by atoms with Crippen LogP contribution in [0.1, 0.15) is 16.7 Å². The molecule has 3 aromatic rings. The van der Waals surface area contributed by atoms with E-state index < -0.39 is 20.6 Å². The van der Waals surface area contributed by atoms with Gasteiger partial charge in [-0.2, -0.15) is 5.26 Å². The van der Waals surface area contributed by atoms with Crippen molar-refractivity contribution < 1.29 is 12.8 Å². The summed E-state index contributed by atoms with van der Waals surface area (Å²) in [6.45, 7) is 3.94. The summed E-state index contributed by atoms with van der Waals surface area (Å²) >= 11 is 1.16. The average molecular weight is 453 g/mol. The lowest BCUT2D eigenvalue weighted by Crippen LogP contribution is -2.11. The summed E-state index contributed by atoms with van der Waals surface area (Å²) in [6.07, 6.45) is 0. The lowest BCUT2D eigenvalue weighted by molar-refractivity contribution is 0.603. The topological polar surface area (TPSA) is 70.0 Å². The van der Waals surface area contributed by atoms with Crippen molar-refractivity contribution in [3.05, 3.63) is 105 Å². The average Bonchev–Trinajstić information content (AvgIpc) is 2.76. The molecular formula is C24H21FN2O2S2. The van der Waals surface area contributed by atoms with Crippen LogP contribution in [0.25, 0.3) is 0 Å². The molecule has 0 amide bonds. The van der Waals surface area contributed by atoms with Gasteiger partial charge < -0.3 is 5.32 Å². The zero-order valence-electron chi connectivity index (χ0n) is 17.1. The number of allylic oxidation sites excluding steroid dienone is 1. The number of aryl methyl sites for hydroxylation is 2. The summed E-state index contributed by atoms with van der Waals surface area (Å²) in [5.74, 6) is -0.124. The first kappa shape index (κ1) is 22.6. The Labute approximate surface area is 186 Å². The van der Waals surface area contributed by atoms with E-state index in [0.717, 1.165) is 28.5 Å². The summed E-state index contributed by atoms with van der Waals surface area (Å²) in [5.41, 5.74) is 3.23. The van der Waals surface area contributed by atoms with Crippen LogP contribution in [0.4, 0.5) is 10.1 Å². The van der Waals surface area contributed by atoms with Crippen LogP contribution in [0.5, 0.6) is 0 Å². The molecule has 3 rings (SSSR count). The molecular weight excluding hydrogens is 431 g/mol. The van der Waals surface area contributed by atoms with Gasteiger partial charge in [0.1, 0.15) is 16.9 Å². The minimum absolute atomic E-state index is 0.00622. The fourth-order valence-corrected chi connectivity index (χ4v) is 5.54. The summed E-state index contributed by atoms with van der Waals surface area (Å²) < 4.78 is 40.7. The number of sulfone groups is 1. The normalized spacial score (nSPS) is 12.1. The van der Waals surface area contributed by atoms with Gasteiger partial charge in [-0.05, 0) is 49.2 Å². The van der Waals surface area contributed by atoms with E-state index in [4.69, 9.17) is 0 Å². The molecule has 0 radical (unpaired) electrons. The fourth-order valence-electron chi connectivity index (χ4n) is 2.90. The van der Waals surface area contributed by atoms with E-state index >= 15 is 0 Å². The number of hydrogen-bond donors (Lipinski definition) is 1. The van der Waals surface area contributed by atoms with E-state index in [2.05, 4.69) is 5.32 Å². The molecule has 3 aromatic carbocycles. The largest absolute Gasteiger partial charge is 0.346 e. The van der Waals surface area contributed by atoms with Crippen molar-refractivity contribution in [1.82, 2.24) is 0 Å². The highest BCUT2D eigenvalue weighted by Crippen LogP contribution is 2.32. The number of benzene rings is 3. The Hall–Kier alpha value is -3.08. The van der Waals surface area contributed by atoms with Crippen molar-refractivity contribution in [3.63, 3.8) is 0 Å². The Kier molecular flexibility index (Phi) is 7.16. The van der Waals surface area contributed by atoms with Gasteiger partial charge in [0, 0.05) is 5.75 Å². The molecule has 0 aliphatic carbocycles. The molecule has 0 saturated heterocycles. The highest BCUT2D eigenvalue weighted by molar-refractivity contribution is 8.04. The van der Waals surface area contributed by atoms with E-state index in [-0.39, 0.29) is 15.6 Å². The van der Waals surface area contributed by atoms with Crippen LogP contribution in [-0.2, 0) is 15.6 Å². The molecule has 0 fully saturated rings. The van der Waals surface area contributed by atoms with Crippen LogP contribution < -0.4 is 5.32 Å². The standard InChI is InChI=1S/C24H21FN2O2S2/c1-17-12-13-18(2)19(14-17)16-30-24(27-22-11-7-6-10-21(22)25)23(15-26)31(28,29)20-8-4-3-5-9-20/h3-14,27H,16H2,1-2H3/b24-23+. The summed E-state index contributed by atoms with van der Waals surface area (Å²) in [7, 11) is -4.09. The van der Waals surface area contributed by atoms with Crippen molar-refractivity contribution in [3.8, 4) is 6.07 Å². The Morgan fingerprint density at radius 3 is 2.39 bits per heavy atom. The molecule has 0 bridgehead atoms. The number of nitrogens with one attached hydrogen (secondary N) is 1. The maximum Gasteiger partial charge on any atom is 0.219 e. The summed E-state index contributed by atoms with van der Waals surface area (Å²) in [5, 5.41) is 12.7. The van der Waals surface area contributed by atoms with Crippen LogP contribution >= 0.6 is 11.8 Å². The lowest BCUT2D eigenvalue weighted by atomic mass is 10.1. The van der Waals surface area contributed by atoms with Crippen molar-refractivity contribution in [2.75, 3.05) is 5.32 Å². The smallest absolute Gasteiger partial charge is 0.219 e. The zero-order valence-corrected chi connectivity index (χ0v) is 18.7. The SMILES string of the molecule is Cc1ccc(C)c(CS/C(Nc2ccccc2F)=C(\C#N)S(=O)(=O)c2ccccc2)c1. The van der Waals surface area contributed by atoms with Crippen LogP contribution in [0.2, 0.25) is 0 Å². The molecule has 0 spiro atoms. The van der Waals surface area contributed by atoms with E-state index in [1.165, 1.54) is 24.3 Å². The number of hydrogen-bond acceptors (Lipinski definition) is 5. The van der Waals surface area contributed by atoms with E-state index in [1.54, 1.807) is 30.3 Å². The molecule has 4 nitrogen and oxygen atoms in total. The van der Waals surface area contributed by atoms with Crippen LogP contribution in [-0.4, -0.2) is 8.42 Å². The number of nitriles is 1. The molecule has 31 heavy (non-hydrogen) atoms. The Balaban J connectivity index is 2.08. The number of thioether (sulfide) groups is 1. The highest BCUT2D eigenvalue weighted by atomic mass is 32.2. The second-order valence-electron chi connectivity index (χ2n) is 6.91. The van der Waals surface area contributed by atoms with Gasteiger partial charge in [-0.25, -0.2) is 12.8 Å². The van der Waals surface area contributed by atoms with Crippen LogP contribution in [0, 0.1) is 31.0 Å². The first-order chi connectivity index (χ1) is 14.8. The van der Waals surface area contributed by atoms with Crippen molar-refractivity contribution in [2.24, 2.45) is 0 Å². The number of anilines is 1. The number of rotatable bonds is 7. The minimum atomic E-state index is -4.09. The second-order valence-corrected chi connectivity index (χ2v) is 9.78. The summed E-state index contributed by atoms with van der Waals surface area (Å²) in [6, 6.07) is 21.5. The number of halogens is 1. The minimum Gasteiger partial charge on any atom is -0.346 e. The molecule has 0 heterocycles. The fraction of sp³-hybridized carbons (Fsp3) is 0.125. The Bertz CT molecular complexity index is 1260. The van der Waals surface area contributed by atoms with Gasteiger partial charge in [-0.1, -0.05) is 54.1 Å². The monoisotopic (exact) mass is 452 g/mol. The number of para-hydroxylation sites is 1. The van der Waals surface area contributed by atoms with Gasteiger partial charge in [0.2, 0.25) is 9.84 Å². The molecule has 0 atom stereocenters. The predicted octanol–water partition coefficient (Wildman–Crippen LogP) is 5.95. The molecule has 158 valence electrons. The maximum atomic E-state index is 14.3. The van der Waals surface area contributed by atoms with Gasteiger partial charge in [0.25, 0.3) is 0 Å². The van der Waals surface area contributed by atoms with Gasteiger partial charge in [0.15, 0.2) is 4.91 Å². The Morgan fingerprint density at radius 1 is 1.03 bits per heavy atom. The Morgan fingerprint density at radius 2 is 1.71 bits per heavy atom.